The Morgan fingerprint density at radius 2 is 1.96 bits per heavy atom. The predicted octanol–water partition coefficient (Wildman–Crippen LogP) is 1.59. The van der Waals surface area contributed by atoms with Crippen molar-refractivity contribution in [2.45, 2.75) is 43.8 Å². The number of carbonyl (C=O) groups excluding carboxylic acids is 1. The summed E-state index contributed by atoms with van der Waals surface area (Å²) in [6.07, 6.45) is 3.69. The third-order valence-corrected chi connectivity index (χ3v) is 4.94. The van der Waals surface area contributed by atoms with Crippen LogP contribution in [0.1, 0.15) is 37.3 Å². The van der Waals surface area contributed by atoms with Crippen molar-refractivity contribution in [2.75, 3.05) is 26.3 Å². The second kappa shape index (κ2) is 8.05. The third kappa shape index (κ3) is 4.32. The molecule has 0 aromatic heterocycles. The average molecular weight is 335 g/mol. The first-order chi connectivity index (χ1) is 11.6. The lowest BCUT2D eigenvalue weighted by atomic mass is 9.91. The number of benzene rings is 1. The van der Waals surface area contributed by atoms with E-state index in [0.717, 1.165) is 25.7 Å². The Hall–Kier alpha value is -1.50. The summed E-state index contributed by atoms with van der Waals surface area (Å²) in [5.41, 5.74) is 6.63. The fraction of sp³-hybridized carbons (Fsp3) is 0.611. The molecule has 0 spiro atoms. The van der Waals surface area contributed by atoms with Crippen LogP contribution in [0.25, 0.3) is 0 Å². The van der Waals surface area contributed by atoms with Gasteiger partial charge in [-0.1, -0.05) is 12.1 Å². The zero-order valence-electron chi connectivity index (χ0n) is 13.9. The number of hydrogen-bond acceptors (Lipinski definition) is 4. The minimum Gasteiger partial charge on any atom is -0.379 e. The van der Waals surface area contributed by atoms with Gasteiger partial charge in [0.1, 0.15) is 11.9 Å². The SMILES string of the molecule is NC1CCC(NC(=O)C(c2cccc(F)c2)N2CCOCC2)CC1. The van der Waals surface area contributed by atoms with Crippen LogP contribution in [0.2, 0.25) is 0 Å². The quantitative estimate of drug-likeness (QED) is 0.877. The molecule has 1 amide bonds. The number of carbonyl (C=O) groups is 1. The first kappa shape index (κ1) is 17.3. The van der Waals surface area contributed by atoms with Gasteiger partial charge in [-0.3, -0.25) is 9.69 Å². The minimum absolute atomic E-state index is 0.0528. The Bertz CT molecular complexity index is 555. The van der Waals surface area contributed by atoms with E-state index in [-0.39, 0.29) is 23.8 Å². The Labute approximate surface area is 142 Å². The van der Waals surface area contributed by atoms with E-state index in [4.69, 9.17) is 10.5 Å². The highest BCUT2D eigenvalue weighted by Gasteiger charge is 2.31. The second-order valence-electron chi connectivity index (χ2n) is 6.73. The molecule has 1 atom stereocenters. The van der Waals surface area contributed by atoms with E-state index in [1.165, 1.54) is 12.1 Å². The lowest BCUT2D eigenvalue weighted by molar-refractivity contribution is -0.129. The molecule has 2 fully saturated rings. The zero-order chi connectivity index (χ0) is 16.9. The predicted molar refractivity (Wildman–Crippen MR) is 89.9 cm³/mol. The van der Waals surface area contributed by atoms with E-state index in [1.54, 1.807) is 6.07 Å². The molecule has 5 nitrogen and oxygen atoms in total. The monoisotopic (exact) mass is 335 g/mol. The van der Waals surface area contributed by atoms with Gasteiger partial charge in [0.05, 0.1) is 13.2 Å². The van der Waals surface area contributed by atoms with Crippen LogP contribution in [-0.2, 0) is 9.53 Å². The van der Waals surface area contributed by atoms with Gasteiger partial charge in [0.25, 0.3) is 0 Å². The number of amides is 1. The molecule has 1 saturated carbocycles. The first-order valence-corrected chi connectivity index (χ1v) is 8.76. The van der Waals surface area contributed by atoms with Gasteiger partial charge < -0.3 is 15.8 Å². The summed E-state index contributed by atoms with van der Waals surface area (Å²) in [6, 6.07) is 6.27. The summed E-state index contributed by atoms with van der Waals surface area (Å²) in [5.74, 6) is -0.370. The fourth-order valence-corrected chi connectivity index (χ4v) is 3.58. The number of morpholine rings is 1. The molecule has 1 aliphatic carbocycles. The molecule has 0 bridgehead atoms. The molecule has 6 heteroatoms. The lowest BCUT2D eigenvalue weighted by Crippen LogP contribution is -2.49. The topological polar surface area (TPSA) is 67.6 Å². The number of hydrogen-bond donors (Lipinski definition) is 2. The summed E-state index contributed by atoms with van der Waals surface area (Å²) in [4.78, 5) is 15.0. The van der Waals surface area contributed by atoms with E-state index in [2.05, 4.69) is 10.2 Å². The standard InChI is InChI=1S/C18H26FN3O2/c19-14-3-1-2-13(12-14)17(22-8-10-24-11-9-22)18(23)21-16-6-4-15(20)5-7-16/h1-3,12,15-17H,4-11,20H2,(H,21,23). The second-order valence-corrected chi connectivity index (χ2v) is 6.73. The van der Waals surface area contributed by atoms with E-state index >= 15 is 0 Å². The van der Waals surface area contributed by atoms with Crippen LogP contribution in [0.4, 0.5) is 4.39 Å². The number of nitrogens with one attached hydrogen (secondary N) is 1. The zero-order valence-corrected chi connectivity index (χ0v) is 13.9. The van der Waals surface area contributed by atoms with Crippen molar-refractivity contribution in [1.82, 2.24) is 10.2 Å². The number of halogens is 1. The summed E-state index contributed by atoms with van der Waals surface area (Å²) in [6.45, 7) is 2.53. The molecule has 2 aliphatic rings. The van der Waals surface area contributed by atoms with E-state index in [0.29, 0.717) is 31.9 Å². The third-order valence-electron chi connectivity index (χ3n) is 4.94. The molecule has 24 heavy (non-hydrogen) atoms. The highest BCUT2D eigenvalue weighted by Crippen LogP contribution is 2.25. The highest BCUT2D eigenvalue weighted by molar-refractivity contribution is 5.83. The maximum Gasteiger partial charge on any atom is 0.242 e. The molecular formula is C18H26FN3O2. The summed E-state index contributed by atoms with van der Waals surface area (Å²) in [5, 5.41) is 3.16. The van der Waals surface area contributed by atoms with Gasteiger partial charge in [0, 0.05) is 25.2 Å². The lowest BCUT2D eigenvalue weighted by Gasteiger charge is -2.35. The molecule has 132 valence electrons. The number of ether oxygens (including phenoxy) is 1. The Balaban J connectivity index is 1.74. The first-order valence-electron chi connectivity index (χ1n) is 8.76. The highest BCUT2D eigenvalue weighted by atomic mass is 19.1. The van der Waals surface area contributed by atoms with Gasteiger partial charge in [-0.25, -0.2) is 4.39 Å². The summed E-state index contributed by atoms with van der Waals surface area (Å²) < 4.78 is 19.1. The smallest absolute Gasteiger partial charge is 0.242 e. The molecule has 1 saturated heterocycles. The van der Waals surface area contributed by atoms with Crippen molar-refractivity contribution in [1.29, 1.82) is 0 Å². The molecule has 1 aromatic rings. The molecule has 1 aromatic carbocycles. The summed E-state index contributed by atoms with van der Waals surface area (Å²) in [7, 11) is 0. The fourth-order valence-electron chi connectivity index (χ4n) is 3.58. The van der Waals surface area contributed by atoms with Crippen LogP contribution in [0.3, 0.4) is 0 Å². The Kier molecular flexibility index (Phi) is 5.81. The van der Waals surface area contributed by atoms with Gasteiger partial charge in [0.15, 0.2) is 0 Å². The van der Waals surface area contributed by atoms with Crippen molar-refractivity contribution in [3.05, 3.63) is 35.6 Å². The largest absolute Gasteiger partial charge is 0.379 e. The van der Waals surface area contributed by atoms with Crippen molar-refractivity contribution < 1.29 is 13.9 Å². The van der Waals surface area contributed by atoms with Crippen LogP contribution < -0.4 is 11.1 Å². The van der Waals surface area contributed by atoms with E-state index in [9.17, 15) is 9.18 Å². The van der Waals surface area contributed by atoms with Crippen molar-refractivity contribution in [2.24, 2.45) is 5.73 Å². The van der Waals surface area contributed by atoms with Crippen LogP contribution in [0.15, 0.2) is 24.3 Å². The van der Waals surface area contributed by atoms with E-state index < -0.39 is 6.04 Å². The van der Waals surface area contributed by atoms with E-state index in [1.807, 2.05) is 6.07 Å². The number of nitrogens with two attached hydrogens (primary N) is 1. The molecule has 1 unspecified atom stereocenters. The van der Waals surface area contributed by atoms with Gasteiger partial charge >= 0.3 is 0 Å². The van der Waals surface area contributed by atoms with Gasteiger partial charge in [-0.2, -0.15) is 0 Å². The van der Waals surface area contributed by atoms with Crippen molar-refractivity contribution in [3.8, 4) is 0 Å². The molecule has 0 radical (unpaired) electrons. The molecule has 3 rings (SSSR count). The number of nitrogens with zero attached hydrogens (tertiary/aromatic N) is 1. The minimum atomic E-state index is -0.472. The Morgan fingerprint density at radius 3 is 2.62 bits per heavy atom. The number of rotatable bonds is 4. The van der Waals surface area contributed by atoms with Crippen LogP contribution >= 0.6 is 0 Å². The van der Waals surface area contributed by atoms with Gasteiger partial charge in [0.2, 0.25) is 5.91 Å². The summed E-state index contributed by atoms with van der Waals surface area (Å²) >= 11 is 0. The Morgan fingerprint density at radius 1 is 1.25 bits per heavy atom. The maximum atomic E-state index is 13.7. The van der Waals surface area contributed by atoms with Crippen LogP contribution in [-0.4, -0.2) is 49.2 Å². The molecule has 1 aliphatic heterocycles. The van der Waals surface area contributed by atoms with Gasteiger partial charge in [-0.15, -0.1) is 0 Å². The maximum absolute atomic E-state index is 13.7. The average Bonchev–Trinajstić information content (AvgIpc) is 2.58. The molecular weight excluding hydrogens is 309 g/mol. The van der Waals surface area contributed by atoms with Crippen molar-refractivity contribution >= 4 is 5.91 Å². The molecule has 1 heterocycles. The van der Waals surface area contributed by atoms with Crippen LogP contribution in [0, 0.1) is 5.82 Å². The molecule has 3 N–H and O–H groups in total. The van der Waals surface area contributed by atoms with Gasteiger partial charge in [-0.05, 0) is 43.4 Å². The van der Waals surface area contributed by atoms with Crippen molar-refractivity contribution in [3.63, 3.8) is 0 Å². The normalized spacial score (nSPS) is 26.8. The van der Waals surface area contributed by atoms with Crippen LogP contribution in [0.5, 0.6) is 0 Å².